The number of hydrogen-bond donors (Lipinski definition) is 1. The van der Waals surface area contributed by atoms with E-state index >= 15 is 0 Å². The summed E-state index contributed by atoms with van der Waals surface area (Å²) in [6.45, 7) is 3.81. The van der Waals surface area contributed by atoms with Crippen LogP contribution in [0.25, 0.3) is 0 Å². The van der Waals surface area contributed by atoms with E-state index in [1.807, 2.05) is 38.1 Å². The Morgan fingerprint density at radius 1 is 1.30 bits per heavy atom. The molecule has 0 aliphatic carbocycles. The molecule has 2 rings (SSSR count). The van der Waals surface area contributed by atoms with Crippen LogP contribution in [-0.2, 0) is 0 Å². The highest BCUT2D eigenvalue weighted by molar-refractivity contribution is 5.96. The molecule has 0 aliphatic rings. The van der Waals surface area contributed by atoms with Gasteiger partial charge in [-0.05, 0) is 49.7 Å². The Morgan fingerprint density at radius 3 is 2.70 bits per heavy atom. The van der Waals surface area contributed by atoms with E-state index in [9.17, 15) is 4.79 Å². The minimum absolute atomic E-state index is 0.108. The number of methoxy groups -OCH3 is 1. The van der Waals surface area contributed by atoms with Crippen molar-refractivity contribution in [1.82, 2.24) is 10.3 Å². The van der Waals surface area contributed by atoms with Gasteiger partial charge in [0, 0.05) is 11.8 Å². The number of ether oxygens (including phenoxy) is 1. The molecule has 1 heterocycles. The van der Waals surface area contributed by atoms with E-state index in [-0.39, 0.29) is 11.9 Å². The van der Waals surface area contributed by atoms with E-state index in [4.69, 9.17) is 4.74 Å². The predicted octanol–water partition coefficient (Wildman–Crippen LogP) is 2.89. The number of benzene rings is 1. The number of hydrogen-bond acceptors (Lipinski definition) is 3. The molecule has 0 saturated carbocycles. The molecule has 0 spiro atoms. The molecular formula is C16H18N2O2. The van der Waals surface area contributed by atoms with Gasteiger partial charge in [0.1, 0.15) is 5.75 Å². The van der Waals surface area contributed by atoms with Crippen molar-refractivity contribution >= 4 is 5.91 Å². The van der Waals surface area contributed by atoms with Gasteiger partial charge in [0.15, 0.2) is 0 Å². The van der Waals surface area contributed by atoms with Gasteiger partial charge in [-0.2, -0.15) is 0 Å². The van der Waals surface area contributed by atoms with Crippen molar-refractivity contribution in [3.8, 4) is 5.75 Å². The first-order valence-electron chi connectivity index (χ1n) is 6.48. The Labute approximate surface area is 118 Å². The molecule has 4 heteroatoms. The van der Waals surface area contributed by atoms with Crippen molar-refractivity contribution in [2.75, 3.05) is 7.11 Å². The average molecular weight is 270 g/mol. The van der Waals surface area contributed by atoms with Gasteiger partial charge in [0.05, 0.1) is 18.8 Å². The quantitative estimate of drug-likeness (QED) is 0.929. The lowest BCUT2D eigenvalue weighted by atomic mass is 10.1. The van der Waals surface area contributed by atoms with Crippen LogP contribution < -0.4 is 10.1 Å². The molecule has 104 valence electrons. The summed E-state index contributed by atoms with van der Waals surface area (Å²) in [4.78, 5) is 16.5. The van der Waals surface area contributed by atoms with Gasteiger partial charge >= 0.3 is 0 Å². The van der Waals surface area contributed by atoms with E-state index in [0.717, 1.165) is 17.0 Å². The number of carbonyl (C=O) groups is 1. The molecule has 0 fully saturated rings. The van der Waals surface area contributed by atoms with Gasteiger partial charge in [-0.15, -0.1) is 0 Å². The molecule has 1 N–H and O–H groups in total. The van der Waals surface area contributed by atoms with Crippen LogP contribution in [0, 0.1) is 6.92 Å². The molecule has 0 unspecified atom stereocenters. The lowest BCUT2D eigenvalue weighted by Gasteiger charge is -2.14. The highest BCUT2D eigenvalue weighted by Gasteiger charge is 2.14. The molecule has 20 heavy (non-hydrogen) atoms. The number of nitrogens with one attached hydrogen (secondary N) is 1. The number of carbonyl (C=O) groups excluding carboxylic acids is 1. The van der Waals surface area contributed by atoms with Crippen molar-refractivity contribution < 1.29 is 9.53 Å². The van der Waals surface area contributed by atoms with Crippen LogP contribution in [0.15, 0.2) is 42.6 Å². The SMILES string of the molecule is COc1ccc(C(=O)N[C@H](C)c2ccccn2)c(C)c1. The van der Waals surface area contributed by atoms with E-state index in [2.05, 4.69) is 10.3 Å². The third-order valence-corrected chi connectivity index (χ3v) is 3.16. The summed E-state index contributed by atoms with van der Waals surface area (Å²) in [7, 11) is 1.61. The van der Waals surface area contributed by atoms with Crippen LogP contribution in [0.2, 0.25) is 0 Å². The second-order valence-corrected chi connectivity index (χ2v) is 4.63. The second-order valence-electron chi connectivity index (χ2n) is 4.63. The van der Waals surface area contributed by atoms with Gasteiger partial charge < -0.3 is 10.1 Å². The van der Waals surface area contributed by atoms with Crippen molar-refractivity contribution in [3.05, 3.63) is 59.4 Å². The molecular weight excluding hydrogens is 252 g/mol. The van der Waals surface area contributed by atoms with E-state index in [1.165, 1.54) is 0 Å². The number of rotatable bonds is 4. The van der Waals surface area contributed by atoms with Crippen LogP contribution in [-0.4, -0.2) is 18.0 Å². The number of pyridine rings is 1. The fourth-order valence-corrected chi connectivity index (χ4v) is 2.00. The van der Waals surface area contributed by atoms with Crippen LogP contribution in [0.1, 0.15) is 34.6 Å². The maximum atomic E-state index is 12.3. The number of aryl methyl sites for hydroxylation is 1. The van der Waals surface area contributed by atoms with Crippen molar-refractivity contribution in [3.63, 3.8) is 0 Å². The zero-order chi connectivity index (χ0) is 14.5. The van der Waals surface area contributed by atoms with Crippen molar-refractivity contribution in [2.24, 2.45) is 0 Å². The highest BCUT2D eigenvalue weighted by atomic mass is 16.5. The summed E-state index contributed by atoms with van der Waals surface area (Å²) in [5.41, 5.74) is 2.37. The Balaban J connectivity index is 2.12. The Bertz CT molecular complexity index is 597. The fourth-order valence-electron chi connectivity index (χ4n) is 2.00. The van der Waals surface area contributed by atoms with Crippen molar-refractivity contribution in [2.45, 2.75) is 19.9 Å². The third-order valence-electron chi connectivity index (χ3n) is 3.16. The molecule has 0 saturated heterocycles. The maximum Gasteiger partial charge on any atom is 0.252 e. The van der Waals surface area contributed by atoms with E-state index < -0.39 is 0 Å². The number of aromatic nitrogens is 1. The van der Waals surface area contributed by atoms with Gasteiger partial charge in [-0.1, -0.05) is 6.07 Å². The Hall–Kier alpha value is -2.36. The second kappa shape index (κ2) is 6.19. The Kier molecular flexibility index (Phi) is 4.35. The molecule has 1 atom stereocenters. The fraction of sp³-hybridized carbons (Fsp3) is 0.250. The standard InChI is InChI=1S/C16H18N2O2/c1-11-10-13(20-3)7-8-14(11)16(19)18-12(2)15-6-4-5-9-17-15/h4-10,12H,1-3H3,(H,18,19)/t12-/m1/s1. The van der Waals surface area contributed by atoms with Gasteiger partial charge in [-0.25, -0.2) is 0 Å². The zero-order valence-corrected chi connectivity index (χ0v) is 11.9. The van der Waals surface area contributed by atoms with E-state index in [1.54, 1.807) is 25.4 Å². The minimum Gasteiger partial charge on any atom is -0.497 e. The highest BCUT2D eigenvalue weighted by Crippen LogP contribution is 2.18. The van der Waals surface area contributed by atoms with Gasteiger partial charge in [0.25, 0.3) is 5.91 Å². The molecule has 4 nitrogen and oxygen atoms in total. The summed E-state index contributed by atoms with van der Waals surface area (Å²) in [5.74, 6) is 0.639. The zero-order valence-electron chi connectivity index (χ0n) is 11.9. The maximum absolute atomic E-state index is 12.3. The summed E-state index contributed by atoms with van der Waals surface area (Å²) < 4.78 is 5.14. The molecule has 1 aromatic carbocycles. The summed E-state index contributed by atoms with van der Waals surface area (Å²) >= 11 is 0. The van der Waals surface area contributed by atoms with E-state index in [0.29, 0.717) is 5.56 Å². The first kappa shape index (κ1) is 14.1. The molecule has 0 bridgehead atoms. The van der Waals surface area contributed by atoms with Crippen LogP contribution in [0.5, 0.6) is 5.75 Å². The van der Waals surface area contributed by atoms with Gasteiger partial charge in [-0.3, -0.25) is 9.78 Å². The molecule has 0 aliphatic heterocycles. The van der Waals surface area contributed by atoms with Crippen LogP contribution in [0.4, 0.5) is 0 Å². The lowest BCUT2D eigenvalue weighted by molar-refractivity contribution is 0.0938. The number of amides is 1. The third kappa shape index (κ3) is 3.15. The summed E-state index contributed by atoms with van der Waals surface area (Å²) in [5, 5.41) is 2.95. The Morgan fingerprint density at radius 2 is 2.10 bits per heavy atom. The smallest absolute Gasteiger partial charge is 0.252 e. The molecule has 0 radical (unpaired) electrons. The lowest BCUT2D eigenvalue weighted by Crippen LogP contribution is -2.27. The van der Waals surface area contributed by atoms with Crippen LogP contribution >= 0.6 is 0 Å². The monoisotopic (exact) mass is 270 g/mol. The summed E-state index contributed by atoms with van der Waals surface area (Å²) in [6.07, 6.45) is 1.72. The largest absolute Gasteiger partial charge is 0.497 e. The number of nitrogens with zero attached hydrogens (tertiary/aromatic N) is 1. The average Bonchev–Trinajstić information content (AvgIpc) is 2.47. The van der Waals surface area contributed by atoms with Gasteiger partial charge in [0.2, 0.25) is 0 Å². The topological polar surface area (TPSA) is 51.2 Å². The first-order chi connectivity index (χ1) is 9.61. The van der Waals surface area contributed by atoms with Crippen molar-refractivity contribution in [1.29, 1.82) is 0 Å². The predicted molar refractivity (Wildman–Crippen MR) is 77.8 cm³/mol. The molecule has 1 amide bonds. The molecule has 2 aromatic rings. The first-order valence-corrected chi connectivity index (χ1v) is 6.48. The van der Waals surface area contributed by atoms with Crippen LogP contribution in [0.3, 0.4) is 0 Å². The normalized spacial score (nSPS) is 11.8. The molecule has 1 aromatic heterocycles. The summed E-state index contributed by atoms with van der Waals surface area (Å²) in [6, 6.07) is 10.9. The minimum atomic E-state index is -0.134.